The molecule has 0 amide bonds. The molecule has 4 heteroatoms. The van der Waals surface area contributed by atoms with Gasteiger partial charge in [-0.1, -0.05) is 26.7 Å². The maximum atomic E-state index is 6.38. The quantitative estimate of drug-likeness (QED) is 0.795. The topological polar surface area (TPSA) is 44.5 Å². The van der Waals surface area contributed by atoms with Crippen LogP contribution in [0.1, 0.15) is 52.9 Å². The Morgan fingerprint density at radius 2 is 2.00 bits per heavy atom. The lowest BCUT2D eigenvalue weighted by molar-refractivity contribution is -0.199. The van der Waals surface area contributed by atoms with Gasteiger partial charge >= 0.3 is 7.12 Å². The van der Waals surface area contributed by atoms with Crippen LogP contribution in [0.5, 0.6) is 0 Å². The van der Waals surface area contributed by atoms with Crippen molar-refractivity contribution in [3.8, 4) is 0 Å². The van der Waals surface area contributed by atoms with Crippen molar-refractivity contribution in [2.24, 2.45) is 28.9 Å². The third-order valence-corrected chi connectivity index (χ3v) is 6.62. The van der Waals surface area contributed by atoms with Crippen molar-refractivity contribution in [1.82, 2.24) is 0 Å². The van der Waals surface area contributed by atoms with Gasteiger partial charge in [-0.3, -0.25) is 0 Å². The van der Waals surface area contributed by atoms with Gasteiger partial charge in [0.1, 0.15) is 0 Å². The van der Waals surface area contributed by atoms with E-state index >= 15 is 0 Å². The van der Waals surface area contributed by atoms with Crippen LogP contribution in [0.2, 0.25) is 0 Å². The molecule has 4 saturated carbocycles. The number of hydrogen-bond acceptors (Lipinski definition) is 3. The molecule has 0 aromatic heterocycles. The molecule has 106 valence electrons. The van der Waals surface area contributed by atoms with Crippen LogP contribution in [0.15, 0.2) is 0 Å². The van der Waals surface area contributed by atoms with Crippen molar-refractivity contribution in [1.29, 1.82) is 0 Å². The van der Waals surface area contributed by atoms with Crippen LogP contribution < -0.4 is 5.73 Å². The Labute approximate surface area is 116 Å². The summed E-state index contributed by atoms with van der Waals surface area (Å²) < 4.78 is 12.6. The number of hydrogen-bond donors (Lipinski definition) is 1. The standard InChI is InChI=1S/C15H26BNO2/c1-14(2)10-7-11(14)15(3)12(8-10)18-16(19-15)13(17)6-9-4-5-9/h9-13H,4-8,17H2,1-3H3/t10?,11?,12-,13+,15+/m1/s1. The Morgan fingerprint density at radius 3 is 2.63 bits per heavy atom. The molecule has 5 fully saturated rings. The van der Waals surface area contributed by atoms with E-state index in [1.165, 1.54) is 19.3 Å². The van der Waals surface area contributed by atoms with E-state index in [0.717, 1.165) is 24.7 Å². The van der Waals surface area contributed by atoms with E-state index in [-0.39, 0.29) is 24.8 Å². The molecule has 19 heavy (non-hydrogen) atoms. The van der Waals surface area contributed by atoms with Crippen molar-refractivity contribution in [2.45, 2.75) is 70.5 Å². The largest absolute Gasteiger partial charge is 0.475 e. The van der Waals surface area contributed by atoms with E-state index in [0.29, 0.717) is 11.3 Å². The first-order chi connectivity index (χ1) is 8.91. The average Bonchev–Trinajstić information content (AvgIpc) is 3.06. The van der Waals surface area contributed by atoms with E-state index in [1.54, 1.807) is 0 Å². The summed E-state index contributed by atoms with van der Waals surface area (Å²) in [5.41, 5.74) is 6.64. The average molecular weight is 263 g/mol. The second-order valence-corrected chi connectivity index (χ2v) is 8.18. The number of nitrogens with two attached hydrogens (primary N) is 1. The first-order valence-corrected chi connectivity index (χ1v) is 8.00. The van der Waals surface area contributed by atoms with Gasteiger partial charge in [0.15, 0.2) is 0 Å². The maximum absolute atomic E-state index is 6.38. The highest BCUT2D eigenvalue weighted by molar-refractivity contribution is 6.47. The molecule has 5 rings (SSSR count). The zero-order valence-electron chi connectivity index (χ0n) is 12.4. The van der Waals surface area contributed by atoms with E-state index < -0.39 is 0 Å². The predicted octanol–water partition coefficient (Wildman–Crippen LogP) is 2.38. The molecule has 0 radical (unpaired) electrons. The van der Waals surface area contributed by atoms with Crippen LogP contribution in [0, 0.1) is 23.2 Å². The van der Waals surface area contributed by atoms with E-state index in [1.807, 2.05) is 0 Å². The number of rotatable bonds is 3. The van der Waals surface area contributed by atoms with Gasteiger partial charge in [-0.05, 0) is 49.4 Å². The highest BCUT2D eigenvalue weighted by Gasteiger charge is 2.68. The van der Waals surface area contributed by atoms with Crippen LogP contribution in [0.3, 0.4) is 0 Å². The molecule has 1 aliphatic heterocycles. The molecule has 0 spiro atoms. The fourth-order valence-corrected chi connectivity index (χ4v) is 4.93. The van der Waals surface area contributed by atoms with Crippen LogP contribution in [-0.4, -0.2) is 24.8 Å². The van der Waals surface area contributed by atoms with Gasteiger partial charge in [-0.25, -0.2) is 0 Å². The molecule has 3 nitrogen and oxygen atoms in total. The van der Waals surface area contributed by atoms with Gasteiger partial charge in [0, 0.05) is 5.94 Å². The van der Waals surface area contributed by atoms with Gasteiger partial charge in [-0.15, -0.1) is 0 Å². The summed E-state index contributed by atoms with van der Waals surface area (Å²) in [6, 6.07) is 0. The highest BCUT2D eigenvalue weighted by atomic mass is 16.7. The third-order valence-electron chi connectivity index (χ3n) is 6.62. The summed E-state index contributed by atoms with van der Waals surface area (Å²) in [6.45, 7) is 7.06. The zero-order chi connectivity index (χ0) is 13.4. The Balaban J connectivity index is 1.50. The van der Waals surface area contributed by atoms with Crippen LogP contribution in [0.25, 0.3) is 0 Å². The Hall–Kier alpha value is -0.0551. The molecule has 1 heterocycles. The van der Waals surface area contributed by atoms with E-state index in [9.17, 15) is 0 Å². The molecule has 2 N–H and O–H groups in total. The SMILES string of the molecule is CC1(C)C2CC1[C@]1(C)OB([C@@H](N)CC3CC3)O[C@@H]1C2. The molecule has 2 bridgehead atoms. The summed E-state index contributed by atoms with van der Waals surface area (Å²) in [6.07, 6.45) is 6.52. The summed E-state index contributed by atoms with van der Waals surface area (Å²) in [7, 11) is -0.161. The minimum absolute atomic E-state index is 0.0650. The van der Waals surface area contributed by atoms with Gasteiger partial charge in [0.25, 0.3) is 0 Å². The lowest BCUT2D eigenvalue weighted by atomic mass is 9.43. The van der Waals surface area contributed by atoms with Crippen molar-refractivity contribution in [3.05, 3.63) is 0 Å². The normalized spacial score (nSPS) is 48.6. The van der Waals surface area contributed by atoms with Crippen molar-refractivity contribution >= 4 is 7.12 Å². The van der Waals surface area contributed by atoms with Crippen molar-refractivity contribution in [2.75, 3.05) is 0 Å². The molecule has 2 unspecified atom stereocenters. The minimum atomic E-state index is -0.161. The molecule has 1 saturated heterocycles. The fraction of sp³-hybridized carbons (Fsp3) is 1.00. The Kier molecular flexibility index (Phi) is 2.52. The molecular formula is C15H26BNO2. The summed E-state index contributed by atoms with van der Waals surface area (Å²) in [5.74, 6) is 2.36. The molecule has 5 aliphatic rings. The van der Waals surface area contributed by atoms with Crippen molar-refractivity contribution in [3.63, 3.8) is 0 Å². The first kappa shape index (κ1) is 12.7. The molecule has 5 atom stereocenters. The van der Waals surface area contributed by atoms with Gasteiger partial charge in [0.2, 0.25) is 0 Å². The smallest absolute Gasteiger partial charge is 0.404 e. The maximum Gasteiger partial charge on any atom is 0.475 e. The van der Waals surface area contributed by atoms with Crippen LogP contribution >= 0.6 is 0 Å². The second-order valence-electron chi connectivity index (χ2n) is 8.18. The van der Waals surface area contributed by atoms with Crippen LogP contribution in [-0.2, 0) is 9.31 Å². The molecule has 4 aliphatic carbocycles. The van der Waals surface area contributed by atoms with Gasteiger partial charge in [-0.2, -0.15) is 0 Å². The second kappa shape index (κ2) is 3.77. The molecular weight excluding hydrogens is 237 g/mol. The van der Waals surface area contributed by atoms with Gasteiger partial charge in [0.05, 0.1) is 11.7 Å². The summed E-state index contributed by atoms with van der Waals surface area (Å²) >= 11 is 0. The molecule has 0 aromatic rings. The fourth-order valence-electron chi connectivity index (χ4n) is 4.93. The monoisotopic (exact) mass is 263 g/mol. The first-order valence-electron chi connectivity index (χ1n) is 8.00. The Bertz CT molecular complexity index is 398. The lowest BCUT2D eigenvalue weighted by Gasteiger charge is -2.64. The summed E-state index contributed by atoms with van der Waals surface area (Å²) in [4.78, 5) is 0. The molecule has 0 aromatic carbocycles. The zero-order valence-corrected chi connectivity index (χ0v) is 12.4. The lowest BCUT2D eigenvalue weighted by Crippen LogP contribution is -2.65. The predicted molar refractivity (Wildman–Crippen MR) is 75.4 cm³/mol. The van der Waals surface area contributed by atoms with E-state index in [2.05, 4.69) is 20.8 Å². The Morgan fingerprint density at radius 1 is 1.26 bits per heavy atom. The third kappa shape index (κ3) is 1.69. The van der Waals surface area contributed by atoms with Crippen molar-refractivity contribution < 1.29 is 9.31 Å². The van der Waals surface area contributed by atoms with E-state index in [4.69, 9.17) is 15.0 Å². The van der Waals surface area contributed by atoms with Crippen LogP contribution in [0.4, 0.5) is 0 Å². The summed E-state index contributed by atoms with van der Waals surface area (Å²) in [5, 5.41) is 0. The minimum Gasteiger partial charge on any atom is -0.404 e. The van der Waals surface area contributed by atoms with Gasteiger partial charge < -0.3 is 15.0 Å². The highest BCUT2D eigenvalue weighted by Crippen LogP contribution is 2.65.